The average Bonchev–Trinajstić information content (AvgIpc) is 3.46. The first-order chi connectivity index (χ1) is 16.7. The fraction of sp³-hybridized carbons (Fsp3) is 0.385. The molecule has 3 aromatic rings. The van der Waals surface area contributed by atoms with Gasteiger partial charge in [-0.2, -0.15) is 0 Å². The predicted octanol–water partition coefficient (Wildman–Crippen LogP) is 2.50. The first-order valence-corrected chi connectivity index (χ1v) is 11.5. The highest BCUT2D eigenvalue weighted by Crippen LogP contribution is 2.28. The molecule has 0 unspecified atom stereocenters. The zero-order chi connectivity index (χ0) is 25.5. The average molecular weight is 486 g/mol. The van der Waals surface area contributed by atoms with E-state index >= 15 is 0 Å². The molecule has 0 aliphatic carbocycles. The summed E-state index contributed by atoms with van der Waals surface area (Å²) in [5.74, 6) is -2.47. The molecule has 1 aliphatic rings. The van der Waals surface area contributed by atoms with Gasteiger partial charge in [0.25, 0.3) is 0 Å². The largest absolute Gasteiger partial charge is 0.479 e. The molecule has 0 bridgehead atoms. The summed E-state index contributed by atoms with van der Waals surface area (Å²) in [4.78, 5) is 22.1. The van der Waals surface area contributed by atoms with Crippen LogP contribution in [0.2, 0.25) is 0 Å². The highest BCUT2D eigenvalue weighted by atomic mass is 16.4. The van der Waals surface area contributed by atoms with E-state index in [-0.39, 0.29) is 6.61 Å². The number of nitrogens with zero attached hydrogens (tertiary/aromatic N) is 1. The predicted molar refractivity (Wildman–Crippen MR) is 129 cm³/mol. The van der Waals surface area contributed by atoms with E-state index in [1.807, 2.05) is 18.2 Å². The molecule has 4 rings (SSSR count). The van der Waals surface area contributed by atoms with Gasteiger partial charge in [-0.15, -0.1) is 0 Å². The molecule has 0 spiro atoms. The highest BCUT2D eigenvalue weighted by Gasteiger charge is 2.29. The van der Waals surface area contributed by atoms with Gasteiger partial charge in [0, 0.05) is 24.4 Å². The van der Waals surface area contributed by atoms with Crippen molar-refractivity contribution in [3.8, 4) is 11.1 Å². The number of hydrogen-bond donors (Lipinski definition) is 5. The Hall–Kier alpha value is -3.24. The maximum absolute atomic E-state index is 9.77. The quantitative estimate of drug-likeness (QED) is 0.324. The summed E-state index contributed by atoms with van der Waals surface area (Å²) in [6, 6.07) is 17.3. The summed E-state index contributed by atoms with van der Waals surface area (Å²) in [5.41, 5.74) is 4.17. The number of rotatable bonds is 8. The third-order valence-corrected chi connectivity index (χ3v) is 6.15. The second-order valence-corrected chi connectivity index (χ2v) is 8.67. The fourth-order valence-electron chi connectivity index (χ4n) is 4.10. The molecule has 1 aromatic heterocycles. The molecule has 2 aromatic carbocycles. The molecule has 1 fully saturated rings. The van der Waals surface area contributed by atoms with Crippen LogP contribution in [0.15, 0.2) is 52.9 Å². The van der Waals surface area contributed by atoms with Crippen molar-refractivity contribution in [2.45, 2.75) is 51.0 Å². The number of aliphatic carboxylic acids is 2. The Labute approximate surface area is 202 Å². The van der Waals surface area contributed by atoms with Gasteiger partial charge < -0.3 is 34.8 Å². The van der Waals surface area contributed by atoms with Crippen molar-refractivity contribution in [3.63, 3.8) is 0 Å². The van der Waals surface area contributed by atoms with Crippen molar-refractivity contribution in [1.29, 1.82) is 0 Å². The van der Waals surface area contributed by atoms with Gasteiger partial charge in [-0.05, 0) is 67.3 Å². The number of furan rings is 1. The van der Waals surface area contributed by atoms with E-state index in [0.29, 0.717) is 6.04 Å². The van der Waals surface area contributed by atoms with Crippen LogP contribution in [-0.4, -0.2) is 73.7 Å². The molecule has 0 saturated carbocycles. The molecule has 1 aliphatic heterocycles. The van der Waals surface area contributed by atoms with Gasteiger partial charge in [-0.3, -0.25) is 0 Å². The first kappa shape index (κ1) is 26.4. The molecule has 5 N–H and O–H groups in total. The summed E-state index contributed by atoms with van der Waals surface area (Å²) < 4.78 is 6.03. The molecular formula is C26H31NO8. The SMILES string of the molecule is C[C@@H]1CCCN1CCc1cc2cc(-c3cccc(CO)c3)ccc2o1.O=C(O)[C@H](O)[C@@H](O)C(=O)O. The van der Waals surface area contributed by atoms with Crippen LogP contribution in [0.4, 0.5) is 0 Å². The van der Waals surface area contributed by atoms with Crippen molar-refractivity contribution >= 4 is 22.9 Å². The highest BCUT2D eigenvalue weighted by molar-refractivity contribution is 5.84. The third-order valence-electron chi connectivity index (χ3n) is 6.15. The van der Waals surface area contributed by atoms with Crippen LogP contribution >= 0.6 is 0 Å². The zero-order valence-corrected chi connectivity index (χ0v) is 19.5. The second kappa shape index (κ2) is 11.9. The minimum Gasteiger partial charge on any atom is -0.479 e. The number of hydrogen-bond acceptors (Lipinski definition) is 7. The summed E-state index contributed by atoms with van der Waals surface area (Å²) in [6.45, 7) is 4.68. The van der Waals surface area contributed by atoms with Crippen LogP contribution in [0.25, 0.3) is 22.1 Å². The van der Waals surface area contributed by atoms with Crippen molar-refractivity contribution in [1.82, 2.24) is 4.90 Å². The molecule has 35 heavy (non-hydrogen) atoms. The molecule has 0 amide bonds. The topological polar surface area (TPSA) is 152 Å². The number of aliphatic hydroxyl groups excluding tert-OH is 3. The monoisotopic (exact) mass is 485 g/mol. The zero-order valence-electron chi connectivity index (χ0n) is 19.5. The summed E-state index contributed by atoms with van der Waals surface area (Å²) in [5, 5.41) is 43.0. The number of carbonyl (C=O) groups is 2. The lowest BCUT2D eigenvalue weighted by molar-refractivity contribution is -0.165. The van der Waals surface area contributed by atoms with Gasteiger partial charge in [0.05, 0.1) is 6.61 Å². The van der Waals surface area contributed by atoms with E-state index in [1.54, 1.807) is 0 Å². The molecular weight excluding hydrogens is 454 g/mol. The molecule has 2 heterocycles. The van der Waals surface area contributed by atoms with E-state index < -0.39 is 24.1 Å². The number of carboxylic acids is 2. The van der Waals surface area contributed by atoms with Gasteiger partial charge in [0.15, 0.2) is 12.2 Å². The van der Waals surface area contributed by atoms with Crippen LogP contribution in [0, 0.1) is 0 Å². The van der Waals surface area contributed by atoms with E-state index in [9.17, 15) is 14.7 Å². The van der Waals surface area contributed by atoms with Gasteiger partial charge in [0.2, 0.25) is 0 Å². The number of likely N-dealkylation sites (tertiary alicyclic amines) is 1. The standard InChI is InChI=1S/C22H25NO2.C4H6O6/c1-16-4-3-10-23(16)11-9-21-14-20-13-19(7-8-22(20)25-21)18-6-2-5-17(12-18)15-24;5-1(3(7)8)2(6)4(9)10/h2,5-8,12-14,16,24H,3-4,9-11,15H2,1H3;1-2,5-6H,(H,7,8)(H,9,10)/t16-;1-,2-/m11/s1. The van der Waals surface area contributed by atoms with Crippen LogP contribution in [0.1, 0.15) is 31.1 Å². The van der Waals surface area contributed by atoms with Crippen LogP contribution < -0.4 is 0 Å². The Morgan fingerprint density at radius 1 is 1.03 bits per heavy atom. The maximum atomic E-state index is 9.77. The van der Waals surface area contributed by atoms with Crippen LogP contribution in [0.3, 0.4) is 0 Å². The minimum absolute atomic E-state index is 0.0703. The normalized spacial score (nSPS) is 17.5. The fourth-order valence-corrected chi connectivity index (χ4v) is 4.10. The molecule has 9 heteroatoms. The van der Waals surface area contributed by atoms with Crippen molar-refractivity contribution in [3.05, 3.63) is 59.9 Å². The Bertz CT molecular complexity index is 1140. The summed E-state index contributed by atoms with van der Waals surface area (Å²) >= 11 is 0. The van der Waals surface area contributed by atoms with Gasteiger partial charge in [-0.25, -0.2) is 9.59 Å². The van der Waals surface area contributed by atoms with E-state index in [4.69, 9.17) is 24.8 Å². The Kier molecular flexibility index (Phi) is 9.00. The second-order valence-electron chi connectivity index (χ2n) is 8.67. The molecule has 0 radical (unpaired) electrons. The molecule has 9 nitrogen and oxygen atoms in total. The van der Waals surface area contributed by atoms with E-state index in [2.05, 4.69) is 42.2 Å². The van der Waals surface area contributed by atoms with Gasteiger partial charge >= 0.3 is 11.9 Å². The lowest BCUT2D eigenvalue weighted by Crippen LogP contribution is -2.39. The maximum Gasteiger partial charge on any atom is 0.335 e. The van der Waals surface area contributed by atoms with Crippen molar-refractivity contribution in [2.75, 3.05) is 13.1 Å². The first-order valence-electron chi connectivity index (χ1n) is 11.5. The summed E-state index contributed by atoms with van der Waals surface area (Å²) in [6.07, 6.45) is -0.933. The Morgan fingerprint density at radius 2 is 1.71 bits per heavy atom. The number of aliphatic hydroxyl groups is 3. The molecule has 188 valence electrons. The van der Waals surface area contributed by atoms with Crippen molar-refractivity contribution < 1.29 is 39.5 Å². The van der Waals surface area contributed by atoms with Crippen LogP contribution in [-0.2, 0) is 22.6 Å². The third kappa shape index (κ3) is 6.89. The van der Waals surface area contributed by atoms with Gasteiger partial charge in [0.1, 0.15) is 11.3 Å². The minimum atomic E-state index is -2.27. The lowest BCUT2D eigenvalue weighted by Gasteiger charge is -2.19. The van der Waals surface area contributed by atoms with E-state index in [1.165, 1.54) is 19.4 Å². The molecule has 1 saturated heterocycles. The number of benzene rings is 2. The Morgan fingerprint density at radius 3 is 2.31 bits per heavy atom. The number of carboxylic acid groups (broad SMARTS) is 2. The Balaban J connectivity index is 0.000000292. The molecule has 3 atom stereocenters. The summed E-state index contributed by atoms with van der Waals surface area (Å²) in [7, 11) is 0. The van der Waals surface area contributed by atoms with Crippen molar-refractivity contribution in [2.24, 2.45) is 0 Å². The van der Waals surface area contributed by atoms with Crippen LogP contribution in [0.5, 0.6) is 0 Å². The number of fused-ring (bicyclic) bond motifs is 1. The smallest absolute Gasteiger partial charge is 0.335 e. The lowest BCUT2D eigenvalue weighted by atomic mass is 10.0. The van der Waals surface area contributed by atoms with E-state index in [0.717, 1.165) is 46.4 Å². The van der Waals surface area contributed by atoms with Gasteiger partial charge in [-0.1, -0.05) is 24.3 Å².